The van der Waals surface area contributed by atoms with Gasteiger partial charge in [0.2, 0.25) is 0 Å². The van der Waals surface area contributed by atoms with Gasteiger partial charge in [0.15, 0.2) is 0 Å². The molecule has 0 aromatic rings. The molecule has 132 valence electrons. The van der Waals surface area contributed by atoms with Crippen LogP contribution in [0.5, 0.6) is 0 Å². The Kier molecular flexibility index (Phi) is 9.82. The summed E-state index contributed by atoms with van der Waals surface area (Å²) in [5, 5.41) is 0. The van der Waals surface area contributed by atoms with Gasteiger partial charge in [-0.1, -0.05) is 42.5 Å². The van der Waals surface area contributed by atoms with E-state index in [1.54, 1.807) is 0 Å². The molecule has 0 amide bonds. The number of rotatable bonds is 15. The maximum absolute atomic E-state index is 7.29. The van der Waals surface area contributed by atoms with Crippen molar-refractivity contribution < 1.29 is 0 Å². The Balaban J connectivity index is 6.66. The zero-order chi connectivity index (χ0) is 18.7. The van der Waals surface area contributed by atoms with Gasteiger partial charge in [-0.05, 0) is 36.3 Å². The second-order valence-corrected chi connectivity index (χ2v) is 16.3. The van der Waals surface area contributed by atoms with E-state index in [0.29, 0.717) is 0 Å². The fourth-order valence-corrected chi connectivity index (χ4v) is 17.7. The quantitative estimate of drug-likeness (QED) is 0.284. The third kappa shape index (κ3) is 4.15. The van der Waals surface area contributed by atoms with E-state index in [1.165, 1.54) is 0 Å². The molecule has 0 aliphatic rings. The largest absolute Gasteiger partial charge is 0.327 e. The van der Waals surface area contributed by atoms with Crippen molar-refractivity contribution >= 4 is 16.1 Å². The van der Waals surface area contributed by atoms with E-state index in [4.69, 9.17) is 5.73 Å². The molecule has 0 aliphatic heterocycles. The summed E-state index contributed by atoms with van der Waals surface area (Å²) in [7, 11) is -4.14. The van der Waals surface area contributed by atoms with Crippen LogP contribution in [0.4, 0.5) is 0 Å². The first kappa shape index (κ1) is 22.6. The number of nitrogens with two attached hydrogens (primary N) is 1. The lowest BCUT2D eigenvalue weighted by Gasteiger charge is -2.55. The summed E-state index contributed by atoms with van der Waals surface area (Å²) in [6.07, 6.45) is 14.1. The van der Waals surface area contributed by atoms with Crippen LogP contribution in [-0.4, -0.2) is 20.9 Å². The number of allylic oxidation sites excluding steroid dienone is 6. The molecule has 0 radical (unpaired) electrons. The molecule has 0 unspecified atom stereocenters. The van der Waals surface area contributed by atoms with Gasteiger partial charge in [0.25, 0.3) is 0 Å². The van der Waals surface area contributed by atoms with Crippen LogP contribution in [-0.2, 0) is 0 Å². The second-order valence-electron chi connectivity index (χ2n) is 6.59. The van der Waals surface area contributed by atoms with Crippen molar-refractivity contribution in [1.82, 2.24) is 0 Å². The lowest BCUT2D eigenvalue weighted by molar-refractivity contribution is 0.876. The molecular weight excluding hydrogens is 322 g/mol. The molecule has 0 spiro atoms. The smallest absolute Gasteiger partial charge is 0.0884 e. The van der Waals surface area contributed by atoms with Crippen LogP contribution in [0.15, 0.2) is 88.6 Å². The topological polar surface area (TPSA) is 26.0 Å². The molecule has 1 nitrogen and oxygen atoms in total. The third-order valence-corrected chi connectivity index (χ3v) is 18.8. The first-order valence-corrected chi connectivity index (χ1v) is 13.7. The van der Waals surface area contributed by atoms with Crippen molar-refractivity contribution in [3.63, 3.8) is 0 Å². The highest BCUT2D eigenvalue weighted by Gasteiger charge is 2.58. The van der Waals surface area contributed by atoms with Crippen LogP contribution in [0.1, 0.15) is 0 Å². The van der Waals surface area contributed by atoms with Gasteiger partial charge in [-0.15, -0.1) is 46.1 Å². The fourth-order valence-electron chi connectivity index (χ4n) is 4.17. The van der Waals surface area contributed by atoms with Crippen LogP contribution in [0, 0.1) is 0 Å². The maximum atomic E-state index is 7.29. The highest BCUT2D eigenvalue weighted by molar-refractivity contribution is 7.03. The van der Waals surface area contributed by atoms with Gasteiger partial charge >= 0.3 is 0 Å². The number of hydrogen-bond acceptors (Lipinski definition) is 1. The molecule has 0 aromatic carbocycles. The van der Waals surface area contributed by atoms with Gasteiger partial charge in [0.05, 0.1) is 16.1 Å². The Hall–Kier alpha value is -1.43. The predicted molar refractivity (Wildman–Crippen MR) is 119 cm³/mol. The molecule has 24 heavy (non-hydrogen) atoms. The lowest BCUT2D eigenvalue weighted by atomic mass is 10.6. The molecule has 0 aliphatic carbocycles. The zero-order valence-corrected chi connectivity index (χ0v) is 17.3. The van der Waals surface area contributed by atoms with Crippen molar-refractivity contribution in [2.24, 2.45) is 5.73 Å². The summed E-state index contributed by atoms with van der Waals surface area (Å²) >= 11 is 0. The third-order valence-electron chi connectivity index (χ3n) is 5.29. The van der Waals surface area contributed by atoms with Gasteiger partial charge in [0, 0.05) is 4.79 Å². The molecule has 2 N–H and O–H groups in total. The minimum absolute atomic E-state index is 0.410. The van der Waals surface area contributed by atoms with Crippen molar-refractivity contribution in [2.75, 3.05) is 0 Å². The van der Waals surface area contributed by atoms with E-state index in [-0.39, 0.29) is 0 Å². The van der Waals surface area contributed by atoms with Gasteiger partial charge in [0.1, 0.15) is 0 Å². The summed E-state index contributed by atoms with van der Waals surface area (Å²) in [5.74, 6) is 0. The average Bonchev–Trinajstić information content (AvgIpc) is 2.55. The van der Waals surface area contributed by atoms with Crippen LogP contribution in [0.3, 0.4) is 0 Å². The molecule has 0 fully saturated rings. The minimum atomic E-state index is -2.07. The minimum Gasteiger partial charge on any atom is -0.327 e. The van der Waals surface area contributed by atoms with E-state index in [2.05, 4.69) is 46.1 Å². The summed E-state index contributed by atoms with van der Waals surface area (Å²) < 4.78 is 0. The second kappa shape index (κ2) is 10.4. The molecular formula is C21H35NSi2. The first-order chi connectivity index (χ1) is 11.4. The van der Waals surface area contributed by atoms with Crippen molar-refractivity contribution in [2.45, 2.75) is 41.1 Å². The average molecular weight is 358 g/mol. The molecule has 0 heterocycles. The van der Waals surface area contributed by atoms with Crippen molar-refractivity contribution in [3.8, 4) is 0 Å². The summed E-state index contributed by atoms with van der Waals surface area (Å²) in [6, 6.07) is 5.55. The highest BCUT2D eigenvalue weighted by atomic mass is 28.4. The van der Waals surface area contributed by atoms with Crippen LogP contribution >= 0.6 is 0 Å². The molecule has 0 saturated carbocycles. The molecule has 0 saturated heterocycles. The fraction of sp³-hybridized carbons (Fsp3) is 0.333. The summed E-state index contributed by atoms with van der Waals surface area (Å²) in [5.41, 5.74) is 7.29. The van der Waals surface area contributed by atoms with Crippen molar-refractivity contribution in [3.05, 3.63) is 88.6 Å². The molecule has 0 aromatic heterocycles. The molecule has 0 rings (SSSR count). The normalized spacial score (nSPS) is 12.0. The predicted octanol–water partition coefficient (Wildman–Crippen LogP) is 5.96. The van der Waals surface area contributed by atoms with Crippen LogP contribution in [0.2, 0.25) is 36.3 Å². The molecule has 3 heteroatoms. The number of hydrogen-bond donors (Lipinski definition) is 1. The standard InChI is InChI=1S/C21H35NSi2/c1-8-15-23(16-9-2,17-10-3)21(22,14-7)24(18-11-4,19-12-5)20-13-6/h8-14H,1-7,15-20,22H2. The Morgan fingerprint density at radius 1 is 0.542 bits per heavy atom. The Labute approximate surface area is 151 Å². The van der Waals surface area contributed by atoms with Gasteiger partial charge in [-0.3, -0.25) is 0 Å². The van der Waals surface area contributed by atoms with E-state index >= 15 is 0 Å². The van der Waals surface area contributed by atoms with E-state index in [1.807, 2.05) is 42.5 Å². The zero-order valence-electron chi connectivity index (χ0n) is 15.3. The summed E-state index contributed by atoms with van der Waals surface area (Å²) in [6.45, 7) is 28.3. The summed E-state index contributed by atoms with van der Waals surface area (Å²) in [4.78, 5) is -0.410. The van der Waals surface area contributed by atoms with E-state index < -0.39 is 20.9 Å². The van der Waals surface area contributed by atoms with E-state index in [0.717, 1.165) is 36.3 Å². The maximum Gasteiger partial charge on any atom is 0.0884 e. The first-order valence-electron chi connectivity index (χ1n) is 8.51. The van der Waals surface area contributed by atoms with Crippen molar-refractivity contribution in [1.29, 1.82) is 0 Å². The van der Waals surface area contributed by atoms with E-state index in [9.17, 15) is 0 Å². The Morgan fingerprint density at radius 3 is 0.875 bits per heavy atom. The highest BCUT2D eigenvalue weighted by Crippen LogP contribution is 2.44. The Bertz CT molecular complexity index is 399. The van der Waals surface area contributed by atoms with Crippen LogP contribution in [0.25, 0.3) is 0 Å². The molecule has 0 atom stereocenters. The van der Waals surface area contributed by atoms with Gasteiger partial charge in [-0.2, -0.15) is 0 Å². The molecule has 0 bridgehead atoms. The van der Waals surface area contributed by atoms with Crippen LogP contribution < -0.4 is 5.73 Å². The van der Waals surface area contributed by atoms with Gasteiger partial charge in [-0.25, -0.2) is 0 Å². The lowest BCUT2D eigenvalue weighted by Crippen LogP contribution is -2.76. The Morgan fingerprint density at radius 2 is 0.750 bits per heavy atom. The SMILES string of the molecule is C=CC[Si](CC=C)(CC=C)C(N)(C=C)[Si](CC=C)(CC=C)CC=C. The monoisotopic (exact) mass is 357 g/mol. The van der Waals surface area contributed by atoms with Gasteiger partial charge < -0.3 is 5.73 Å².